The molecular formula is C17H14F2O4. The highest BCUT2D eigenvalue weighted by atomic mass is 19.1. The van der Waals surface area contributed by atoms with Crippen molar-refractivity contribution in [3.63, 3.8) is 0 Å². The number of carbonyl (C=O) groups excluding carboxylic acids is 2. The molecule has 0 unspecified atom stereocenters. The summed E-state index contributed by atoms with van der Waals surface area (Å²) in [5.74, 6) is -2.54. The summed E-state index contributed by atoms with van der Waals surface area (Å²) in [4.78, 5) is 21.2. The lowest BCUT2D eigenvalue weighted by molar-refractivity contribution is -0.129. The van der Waals surface area contributed by atoms with Crippen LogP contribution in [0.5, 0.6) is 5.75 Å². The van der Waals surface area contributed by atoms with Crippen LogP contribution in [0.25, 0.3) is 5.57 Å². The third kappa shape index (κ3) is 5.35. The Bertz CT molecular complexity index is 699. The number of hydrogen-bond acceptors (Lipinski definition) is 4. The second-order valence-electron chi connectivity index (χ2n) is 4.23. The van der Waals surface area contributed by atoms with E-state index < -0.39 is 17.6 Å². The minimum absolute atomic E-state index is 0.00393. The Kier molecular flexibility index (Phi) is 6.61. The lowest BCUT2D eigenvalue weighted by Gasteiger charge is -2.07. The summed E-state index contributed by atoms with van der Waals surface area (Å²) < 4.78 is 36.7. The molecule has 0 saturated heterocycles. The van der Waals surface area contributed by atoms with E-state index in [-0.39, 0.29) is 29.1 Å². The number of halogens is 2. The van der Waals surface area contributed by atoms with Crippen molar-refractivity contribution in [2.24, 2.45) is 0 Å². The Labute approximate surface area is 132 Å². The van der Waals surface area contributed by atoms with Gasteiger partial charge < -0.3 is 9.47 Å². The second-order valence-corrected chi connectivity index (χ2v) is 4.23. The number of rotatable bonds is 7. The number of benzene rings is 1. The predicted octanol–water partition coefficient (Wildman–Crippen LogP) is 3.86. The second kappa shape index (κ2) is 8.43. The maximum Gasteiger partial charge on any atom is 0.335 e. The molecule has 0 spiro atoms. The van der Waals surface area contributed by atoms with E-state index in [0.717, 1.165) is 12.1 Å². The van der Waals surface area contributed by atoms with Crippen LogP contribution in [0.1, 0.15) is 12.5 Å². The van der Waals surface area contributed by atoms with Gasteiger partial charge in [0.15, 0.2) is 11.6 Å². The van der Waals surface area contributed by atoms with Crippen molar-refractivity contribution in [1.82, 2.24) is 0 Å². The van der Waals surface area contributed by atoms with Gasteiger partial charge in [0.1, 0.15) is 11.6 Å². The third-order valence-electron chi connectivity index (χ3n) is 2.63. The summed E-state index contributed by atoms with van der Waals surface area (Å²) in [7, 11) is 0. The molecule has 0 aliphatic carbocycles. The Morgan fingerprint density at radius 1 is 1.30 bits per heavy atom. The highest BCUT2D eigenvalue weighted by molar-refractivity contribution is 5.83. The maximum atomic E-state index is 13.9. The summed E-state index contributed by atoms with van der Waals surface area (Å²) in [6.07, 6.45) is 3.44. The Morgan fingerprint density at radius 3 is 2.52 bits per heavy atom. The fraction of sp³-hybridized carbons (Fsp3) is 0.0588. The van der Waals surface area contributed by atoms with Crippen molar-refractivity contribution < 1.29 is 27.8 Å². The average molecular weight is 320 g/mol. The molecule has 0 saturated carbocycles. The topological polar surface area (TPSA) is 52.6 Å². The number of carbonyl (C=O) groups is 2. The first-order chi connectivity index (χ1) is 10.9. The van der Waals surface area contributed by atoms with E-state index in [2.05, 4.69) is 22.6 Å². The van der Waals surface area contributed by atoms with Gasteiger partial charge in [0, 0.05) is 11.6 Å². The lowest BCUT2D eigenvalue weighted by Crippen LogP contribution is -2.04. The first-order valence-corrected chi connectivity index (χ1v) is 6.37. The van der Waals surface area contributed by atoms with Crippen molar-refractivity contribution in [2.45, 2.75) is 6.92 Å². The zero-order valence-corrected chi connectivity index (χ0v) is 12.3. The van der Waals surface area contributed by atoms with Crippen LogP contribution in [0.3, 0.4) is 0 Å². The quantitative estimate of drug-likeness (QED) is 0.191. The molecule has 0 fully saturated rings. The molecule has 0 radical (unpaired) electrons. The van der Waals surface area contributed by atoms with Crippen molar-refractivity contribution >= 4 is 18.0 Å². The summed E-state index contributed by atoms with van der Waals surface area (Å²) in [5, 5.41) is 0. The van der Waals surface area contributed by atoms with Crippen LogP contribution in [-0.4, -0.2) is 12.4 Å². The van der Waals surface area contributed by atoms with Crippen molar-refractivity contribution in [1.29, 1.82) is 0 Å². The Balaban J connectivity index is 3.11. The Hall–Kier alpha value is -3.02. The van der Waals surface area contributed by atoms with Crippen molar-refractivity contribution in [3.05, 3.63) is 72.6 Å². The molecule has 0 heterocycles. The molecule has 0 atom stereocenters. The zero-order valence-electron chi connectivity index (χ0n) is 12.3. The van der Waals surface area contributed by atoms with Gasteiger partial charge in [0.05, 0.1) is 0 Å². The largest absolute Gasteiger partial charge is 0.429 e. The van der Waals surface area contributed by atoms with E-state index >= 15 is 0 Å². The van der Waals surface area contributed by atoms with Gasteiger partial charge in [-0.05, 0) is 36.8 Å². The van der Waals surface area contributed by atoms with Crippen LogP contribution in [0, 0.1) is 5.82 Å². The fourth-order valence-corrected chi connectivity index (χ4v) is 1.59. The van der Waals surface area contributed by atoms with Gasteiger partial charge >= 0.3 is 5.97 Å². The molecule has 0 aromatic heterocycles. The van der Waals surface area contributed by atoms with E-state index in [0.29, 0.717) is 0 Å². The van der Waals surface area contributed by atoms with Crippen LogP contribution in [0.2, 0.25) is 0 Å². The summed E-state index contributed by atoms with van der Waals surface area (Å²) in [6.45, 7) is 7.99. The van der Waals surface area contributed by atoms with E-state index in [1.165, 1.54) is 31.2 Å². The highest BCUT2D eigenvalue weighted by Gasteiger charge is 2.11. The normalized spacial score (nSPS) is 11.6. The summed E-state index contributed by atoms with van der Waals surface area (Å²) >= 11 is 0. The van der Waals surface area contributed by atoms with Gasteiger partial charge in [-0.3, -0.25) is 4.79 Å². The van der Waals surface area contributed by atoms with Gasteiger partial charge in [0.25, 0.3) is 6.47 Å². The monoisotopic (exact) mass is 320 g/mol. The molecule has 120 valence electrons. The van der Waals surface area contributed by atoms with E-state index in [1.54, 1.807) is 0 Å². The maximum absolute atomic E-state index is 13.9. The third-order valence-corrected chi connectivity index (χ3v) is 2.63. The van der Waals surface area contributed by atoms with E-state index in [4.69, 9.17) is 0 Å². The minimum atomic E-state index is -0.840. The van der Waals surface area contributed by atoms with Gasteiger partial charge in [-0.25, -0.2) is 13.6 Å². The van der Waals surface area contributed by atoms with Crippen LogP contribution < -0.4 is 4.74 Å². The van der Waals surface area contributed by atoms with E-state index in [1.807, 2.05) is 0 Å². The fourth-order valence-electron chi connectivity index (χ4n) is 1.59. The van der Waals surface area contributed by atoms with E-state index in [9.17, 15) is 18.4 Å². The molecule has 1 rings (SSSR count). The summed E-state index contributed by atoms with van der Waals surface area (Å²) in [5.41, 5.74) is 0.261. The molecule has 0 bridgehead atoms. The number of ether oxygens (including phenoxy) is 2. The van der Waals surface area contributed by atoms with Crippen molar-refractivity contribution in [2.75, 3.05) is 0 Å². The number of esters is 1. The predicted molar refractivity (Wildman–Crippen MR) is 81.4 cm³/mol. The molecule has 0 N–H and O–H groups in total. The van der Waals surface area contributed by atoms with Crippen LogP contribution in [0.4, 0.5) is 8.78 Å². The smallest absolute Gasteiger partial charge is 0.335 e. The van der Waals surface area contributed by atoms with Gasteiger partial charge in [-0.15, -0.1) is 0 Å². The molecule has 1 aromatic rings. The molecular weight excluding hydrogens is 306 g/mol. The molecule has 0 amide bonds. The molecule has 0 aliphatic heterocycles. The minimum Gasteiger partial charge on any atom is -0.429 e. The molecule has 4 nitrogen and oxygen atoms in total. The van der Waals surface area contributed by atoms with Crippen molar-refractivity contribution in [3.8, 4) is 5.75 Å². The van der Waals surface area contributed by atoms with Crippen LogP contribution in [-0.2, 0) is 14.3 Å². The lowest BCUT2D eigenvalue weighted by atomic mass is 10.0. The van der Waals surface area contributed by atoms with Crippen LogP contribution in [0.15, 0.2) is 61.2 Å². The number of hydrogen-bond donors (Lipinski definition) is 0. The highest BCUT2D eigenvalue weighted by Crippen LogP contribution is 2.26. The first-order valence-electron chi connectivity index (χ1n) is 6.37. The molecule has 6 heteroatoms. The molecule has 0 aliphatic rings. The molecule has 23 heavy (non-hydrogen) atoms. The Morgan fingerprint density at radius 2 is 2.00 bits per heavy atom. The van der Waals surface area contributed by atoms with Crippen LogP contribution >= 0.6 is 0 Å². The number of allylic oxidation sites excluding steroid dienone is 4. The van der Waals surface area contributed by atoms with Gasteiger partial charge in [-0.1, -0.05) is 19.2 Å². The first kappa shape index (κ1) is 18.0. The molecule has 1 aromatic carbocycles. The van der Waals surface area contributed by atoms with Gasteiger partial charge in [-0.2, -0.15) is 0 Å². The van der Waals surface area contributed by atoms with Gasteiger partial charge in [0.2, 0.25) is 0 Å². The average Bonchev–Trinajstić information content (AvgIpc) is 2.49. The SMILES string of the molecule is C=CC(=O)Oc1ccc(C(/C=C\C(=C)OC=O)=C(/C)F)cc1F. The zero-order chi connectivity index (χ0) is 17.4. The standard InChI is InChI=1S/C17H14F2O4/c1-4-17(21)23-16-8-6-13(9-15(16)19)14(12(3)18)7-5-11(2)22-10-20/h4-10H,1-2H2,3H3/b7-5-,14-12-. The summed E-state index contributed by atoms with van der Waals surface area (Å²) in [6, 6.07) is 3.58.